The average molecular weight is 449 g/mol. The highest BCUT2D eigenvalue weighted by molar-refractivity contribution is 5.79. The van der Waals surface area contributed by atoms with Crippen molar-refractivity contribution in [2.45, 2.75) is 70.1 Å². The van der Waals surface area contributed by atoms with E-state index in [1.165, 1.54) is 11.8 Å². The Morgan fingerprint density at radius 2 is 1.94 bits per heavy atom. The maximum atomic E-state index is 12.8. The van der Waals surface area contributed by atoms with Gasteiger partial charge in [0.15, 0.2) is 0 Å². The number of carbonyl (C=O) groups excluding carboxylic acids is 2. The van der Waals surface area contributed by atoms with Crippen LogP contribution in [0.5, 0.6) is 0 Å². The molecule has 2 saturated heterocycles. The second-order valence-electron chi connectivity index (χ2n) is 9.88. The third kappa shape index (κ3) is 5.35. The number of β-amino-alcohol motifs (C(OH)–C–C–N with tert-alkyl or cyclic N) is 1. The maximum absolute atomic E-state index is 12.8. The van der Waals surface area contributed by atoms with Gasteiger partial charge in [0.1, 0.15) is 0 Å². The molecule has 0 aromatic heterocycles. The van der Waals surface area contributed by atoms with Crippen LogP contribution in [0.2, 0.25) is 0 Å². The first kappa shape index (κ1) is 24.3. The summed E-state index contributed by atoms with van der Waals surface area (Å²) in [7, 11) is 1.62. The van der Waals surface area contributed by atoms with E-state index < -0.39 is 35.4 Å². The van der Waals surface area contributed by atoms with Crippen LogP contribution in [0.3, 0.4) is 0 Å². The highest BCUT2D eigenvalue weighted by Crippen LogP contribution is 2.51. The molecule has 31 heavy (non-hydrogen) atoms. The van der Waals surface area contributed by atoms with Crippen molar-refractivity contribution in [2.24, 2.45) is 17.3 Å². The zero-order chi connectivity index (χ0) is 22.9. The number of nitrogens with zero attached hydrogens (tertiary/aromatic N) is 2. The molecule has 3 atom stereocenters. The summed E-state index contributed by atoms with van der Waals surface area (Å²) in [6.45, 7) is 3.14. The number of carbonyl (C=O) groups is 2. The van der Waals surface area contributed by atoms with E-state index in [-0.39, 0.29) is 37.9 Å². The largest absolute Gasteiger partial charge is 0.389 e. The van der Waals surface area contributed by atoms with Crippen LogP contribution in [0.4, 0.5) is 13.2 Å². The Morgan fingerprint density at radius 1 is 1.26 bits per heavy atom. The van der Waals surface area contributed by atoms with Gasteiger partial charge in [-0.05, 0) is 31.6 Å². The van der Waals surface area contributed by atoms with E-state index in [0.717, 1.165) is 32.1 Å². The van der Waals surface area contributed by atoms with E-state index in [4.69, 9.17) is 4.74 Å². The molecule has 3 rings (SSSR count). The van der Waals surface area contributed by atoms with Gasteiger partial charge < -0.3 is 19.6 Å². The molecule has 1 saturated carbocycles. The van der Waals surface area contributed by atoms with Gasteiger partial charge in [0.05, 0.1) is 18.6 Å². The van der Waals surface area contributed by atoms with Crippen molar-refractivity contribution in [3.05, 3.63) is 0 Å². The number of aliphatic hydroxyl groups is 1. The molecule has 178 valence electrons. The van der Waals surface area contributed by atoms with Crippen molar-refractivity contribution in [3.8, 4) is 0 Å². The number of alkyl halides is 3. The van der Waals surface area contributed by atoms with Crippen LogP contribution in [0.15, 0.2) is 0 Å². The number of amides is 2. The molecule has 0 bridgehead atoms. The molecule has 2 heterocycles. The standard InChI is InChI=1S/C22H35F3N2O4/c1-16(12-22(23,24)25)19(29)27-10-8-21(30,20(14-27)6-3-4-7-20)15-26-9-5-17(13-31-2)11-18(26)28/h16-17,30H,3-15H2,1-2H3. The van der Waals surface area contributed by atoms with E-state index in [9.17, 15) is 27.9 Å². The minimum atomic E-state index is -4.38. The molecule has 0 aromatic carbocycles. The average Bonchev–Trinajstić information content (AvgIpc) is 3.15. The highest BCUT2D eigenvalue weighted by Gasteiger charge is 2.56. The zero-order valence-corrected chi connectivity index (χ0v) is 18.5. The predicted octanol–water partition coefficient (Wildman–Crippen LogP) is 2.98. The van der Waals surface area contributed by atoms with Gasteiger partial charge in [0.25, 0.3) is 0 Å². The fourth-order valence-corrected chi connectivity index (χ4v) is 5.84. The lowest BCUT2D eigenvalue weighted by Gasteiger charge is -2.54. The first-order chi connectivity index (χ1) is 14.5. The summed E-state index contributed by atoms with van der Waals surface area (Å²) in [4.78, 5) is 28.7. The maximum Gasteiger partial charge on any atom is 0.389 e. The molecule has 3 fully saturated rings. The summed E-state index contributed by atoms with van der Waals surface area (Å²) >= 11 is 0. The van der Waals surface area contributed by atoms with Crippen LogP contribution >= 0.6 is 0 Å². The zero-order valence-electron chi connectivity index (χ0n) is 18.5. The van der Waals surface area contributed by atoms with Crippen LogP contribution in [-0.4, -0.2) is 78.4 Å². The third-order valence-electron chi connectivity index (χ3n) is 7.59. The van der Waals surface area contributed by atoms with Crippen molar-refractivity contribution in [2.75, 3.05) is 39.9 Å². The van der Waals surface area contributed by atoms with E-state index in [1.54, 1.807) is 12.0 Å². The number of piperidine rings is 2. The number of halogens is 3. The van der Waals surface area contributed by atoms with Crippen molar-refractivity contribution in [1.82, 2.24) is 9.80 Å². The van der Waals surface area contributed by atoms with Crippen LogP contribution in [-0.2, 0) is 14.3 Å². The minimum absolute atomic E-state index is 0.00665. The van der Waals surface area contributed by atoms with E-state index in [0.29, 0.717) is 19.6 Å². The number of likely N-dealkylation sites (tertiary alicyclic amines) is 2. The fourth-order valence-electron chi connectivity index (χ4n) is 5.84. The Balaban J connectivity index is 1.70. The number of rotatable bonds is 6. The summed E-state index contributed by atoms with van der Waals surface area (Å²) in [5.74, 6) is -1.43. The predicted molar refractivity (Wildman–Crippen MR) is 108 cm³/mol. The molecule has 3 aliphatic rings. The lowest BCUT2D eigenvalue weighted by molar-refractivity contribution is -0.176. The normalized spacial score (nSPS) is 30.1. The van der Waals surface area contributed by atoms with Gasteiger partial charge >= 0.3 is 6.18 Å². The molecule has 1 spiro atoms. The lowest BCUT2D eigenvalue weighted by Crippen LogP contribution is -2.65. The van der Waals surface area contributed by atoms with Gasteiger partial charge in [0, 0.05) is 51.1 Å². The fraction of sp³-hybridized carbons (Fsp3) is 0.909. The van der Waals surface area contributed by atoms with E-state index in [2.05, 4.69) is 0 Å². The Labute approximate surface area is 182 Å². The van der Waals surface area contributed by atoms with E-state index in [1.807, 2.05) is 0 Å². The van der Waals surface area contributed by atoms with Gasteiger partial charge in [-0.3, -0.25) is 9.59 Å². The van der Waals surface area contributed by atoms with Gasteiger partial charge in [-0.2, -0.15) is 13.2 Å². The summed E-state index contributed by atoms with van der Waals surface area (Å²) in [6.07, 6.45) is -0.763. The minimum Gasteiger partial charge on any atom is -0.387 e. The van der Waals surface area contributed by atoms with Gasteiger partial charge in [-0.1, -0.05) is 19.8 Å². The SMILES string of the molecule is COCC1CCN(CC2(O)CCN(C(=O)C(C)CC(F)(F)F)CC23CCCC3)C(=O)C1. The van der Waals surface area contributed by atoms with Crippen LogP contribution in [0, 0.1) is 17.3 Å². The Bertz CT molecular complexity index is 666. The molecule has 1 N–H and O–H groups in total. The lowest BCUT2D eigenvalue weighted by atomic mass is 9.65. The van der Waals surface area contributed by atoms with E-state index >= 15 is 0 Å². The molecule has 3 unspecified atom stereocenters. The molecule has 0 radical (unpaired) electrons. The monoisotopic (exact) mass is 448 g/mol. The number of ether oxygens (including phenoxy) is 1. The Morgan fingerprint density at radius 3 is 2.52 bits per heavy atom. The topological polar surface area (TPSA) is 70.1 Å². The van der Waals surface area contributed by atoms with Crippen molar-refractivity contribution in [3.63, 3.8) is 0 Å². The second kappa shape index (κ2) is 9.25. The van der Waals surface area contributed by atoms with Crippen LogP contribution in [0.1, 0.15) is 58.3 Å². The number of methoxy groups -OCH3 is 1. The summed E-state index contributed by atoms with van der Waals surface area (Å²) in [5, 5.41) is 11.7. The molecular weight excluding hydrogens is 413 g/mol. The van der Waals surface area contributed by atoms with Crippen molar-refractivity contribution in [1.29, 1.82) is 0 Å². The molecular formula is C22H35F3N2O4. The first-order valence-corrected chi connectivity index (χ1v) is 11.3. The quantitative estimate of drug-likeness (QED) is 0.678. The summed E-state index contributed by atoms with van der Waals surface area (Å²) < 4.78 is 43.5. The molecule has 2 aliphatic heterocycles. The van der Waals surface area contributed by atoms with Crippen molar-refractivity contribution < 1.29 is 32.6 Å². The Hall–Kier alpha value is -1.35. The third-order valence-corrected chi connectivity index (χ3v) is 7.59. The molecule has 6 nitrogen and oxygen atoms in total. The van der Waals surface area contributed by atoms with Crippen molar-refractivity contribution >= 4 is 11.8 Å². The first-order valence-electron chi connectivity index (χ1n) is 11.3. The molecule has 2 amide bonds. The van der Waals surface area contributed by atoms with Crippen LogP contribution in [0.25, 0.3) is 0 Å². The number of hydrogen-bond acceptors (Lipinski definition) is 4. The highest BCUT2D eigenvalue weighted by atomic mass is 19.4. The summed E-state index contributed by atoms with van der Waals surface area (Å²) in [6, 6.07) is 0. The van der Waals surface area contributed by atoms with Gasteiger partial charge in [0.2, 0.25) is 11.8 Å². The molecule has 0 aromatic rings. The summed E-state index contributed by atoms with van der Waals surface area (Å²) in [5.41, 5.74) is -1.69. The smallest absolute Gasteiger partial charge is 0.387 e. The number of hydrogen-bond donors (Lipinski definition) is 1. The second-order valence-corrected chi connectivity index (χ2v) is 9.88. The molecule has 9 heteroatoms. The Kier molecular flexibility index (Phi) is 7.25. The molecule has 1 aliphatic carbocycles. The van der Waals surface area contributed by atoms with Gasteiger partial charge in [-0.15, -0.1) is 0 Å². The van der Waals surface area contributed by atoms with Gasteiger partial charge in [-0.25, -0.2) is 0 Å². The van der Waals surface area contributed by atoms with Crippen LogP contribution < -0.4 is 0 Å².